The second kappa shape index (κ2) is 7.97. The summed E-state index contributed by atoms with van der Waals surface area (Å²) in [5.74, 6) is 0.331. The second-order valence-electron chi connectivity index (χ2n) is 6.33. The molecular formula is C18H26N2O2. The van der Waals surface area contributed by atoms with Crippen molar-refractivity contribution in [1.29, 1.82) is 0 Å². The molecule has 4 nitrogen and oxygen atoms in total. The summed E-state index contributed by atoms with van der Waals surface area (Å²) in [7, 11) is 0. The predicted molar refractivity (Wildman–Crippen MR) is 87.2 cm³/mol. The molecule has 0 saturated carbocycles. The summed E-state index contributed by atoms with van der Waals surface area (Å²) >= 11 is 0. The molecule has 0 aromatic heterocycles. The van der Waals surface area contributed by atoms with Gasteiger partial charge < -0.3 is 10.2 Å². The maximum absolute atomic E-state index is 12.4. The van der Waals surface area contributed by atoms with E-state index in [-0.39, 0.29) is 24.4 Å². The number of nitrogens with zero attached hydrogens (tertiary/aromatic N) is 1. The third-order valence-corrected chi connectivity index (χ3v) is 4.15. The number of likely N-dealkylation sites (tertiary alicyclic amines) is 1. The van der Waals surface area contributed by atoms with Crippen molar-refractivity contribution in [2.75, 3.05) is 13.1 Å². The van der Waals surface area contributed by atoms with E-state index in [9.17, 15) is 9.59 Å². The van der Waals surface area contributed by atoms with Gasteiger partial charge in [-0.05, 0) is 24.3 Å². The fraction of sp³-hybridized carbons (Fsp3) is 0.556. The Hall–Kier alpha value is -1.84. The Morgan fingerprint density at radius 3 is 2.59 bits per heavy atom. The molecule has 1 aromatic rings. The lowest BCUT2D eigenvalue weighted by atomic mass is 9.96. The first kappa shape index (κ1) is 16.5. The highest BCUT2D eigenvalue weighted by molar-refractivity contribution is 5.85. The molecule has 2 amide bonds. The minimum atomic E-state index is -0.0715. The summed E-state index contributed by atoms with van der Waals surface area (Å²) in [5, 5.41) is 3.09. The molecular weight excluding hydrogens is 276 g/mol. The van der Waals surface area contributed by atoms with E-state index in [1.807, 2.05) is 30.3 Å². The van der Waals surface area contributed by atoms with Crippen molar-refractivity contribution < 1.29 is 9.59 Å². The molecule has 120 valence electrons. The second-order valence-corrected chi connectivity index (χ2v) is 6.33. The summed E-state index contributed by atoms with van der Waals surface area (Å²) in [5.41, 5.74) is 1.10. The van der Waals surface area contributed by atoms with Crippen molar-refractivity contribution >= 4 is 11.8 Å². The molecule has 0 spiro atoms. The zero-order valence-corrected chi connectivity index (χ0v) is 13.5. The van der Waals surface area contributed by atoms with Crippen LogP contribution in [0.2, 0.25) is 0 Å². The Morgan fingerprint density at radius 2 is 1.91 bits per heavy atom. The van der Waals surface area contributed by atoms with Crippen LogP contribution < -0.4 is 5.32 Å². The Morgan fingerprint density at radius 1 is 1.18 bits per heavy atom. The summed E-state index contributed by atoms with van der Waals surface area (Å²) in [6, 6.07) is 9.98. The lowest BCUT2D eigenvalue weighted by Crippen LogP contribution is -2.42. The van der Waals surface area contributed by atoms with Crippen LogP contribution in [-0.2, 0) is 9.59 Å². The summed E-state index contributed by atoms with van der Waals surface area (Å²) < 4.78 is 0. The zero-order chi connectivity index (χ0) is 15.9. The van der Waals surface area contributed by atoms with Gasteiger partial charge in [0.05, 0.1) is 12.6 Å². The van der Waals surface area contributed by atoms with E-state index in [4.69, 9.17) is 0 Å². The van der Waals surface area contributed by atoms with Crippen molar-refractivity contribution in [3.63, 3.8) is 0 Å². The first-order valence-electron chi connectivity index (χ1n) is 8.20. The van der Waals surface area contributed by atoms with Crippen LogP contribution in [0.1, 0.15) is 51.1 Å². The number of hydrogen-bond acceptors (Lipinski definition) is 2. The van der Waals surface area contributed by atoms with Crippen LogP contribution in [0.15, 0.2) is 30.3 Å². The van der Waals surface area contributed by atoms with E-state index in [0.29, 0.717) is 18.9 Å². The Labute approximate surface area is 132 Å². The maximum Gasteiger partial charge on any atom is 0.240 e. The predicted octanol–water partition coefficient (Wildman–Crippen LogP) is 2.90. The number of nitrogens with one attached hydrogen (secondary N) is 1. The zero-order valence-electron chi connectivity index (χ0n) is 13.5. The van der Waals surface area contributed by atoms with Crippen molar-refractivity contribution in [3.05, 3.63) is 35.9 Å². The Kier molecular flexibility index (Phi) is 5.99. The number of hydrogen-bond donors (Lipinski definition) is 1. The number of amides is 2. The van der Waals surface area contributed by atoms with Crippen LogP contribution in [-0.4, -0.2) is 29.8 Å². The number of rotatable bonds is 5. The van der Waals surface area contributed by atoms with Crippen molar-refractivity contribution in [3.8, 4) is 0 Å². The molecule has 1 aromatic carbocycles. The monoisotopic (exact) mass is 302 g/mol. The lowest BCUT2D eigenvalue weighted by Gasteiger charge is -2.25. The van der Waals surface area contributed by atoms with Gasteiger partial charge in [-0.1, -0.05) is 50.6 Å². The summed E-state index contributed by atoms with van der Waals surface area (Å²) in [6.45, 7) is 5.06. The van der Waals surface area contributed by atoms with E-state index < -0.39 is 0 Å². The van der Waals surface area contributed by atoms with Crippen molar-refractivity contribution in [1.82, 2.24) is 10.2 Å². The first-order chi connectivity index (χ1) is 10.6. The summed E-state index contributed by atoms with van der Waals surface area (Å²) in [4.78, 5) is 26.0. The maximum atomic E-state index is 12.4. The van der Waals surface area contributed by atoms with Crippen LogP contribution in [0, 0.1) is 5.92 Å². The molecule has 2 rings (SSSR count). The molecule has 1 heterocycles. The molecule has 22 heavy (non-hydrogen) atoms. The van der Waals surface area contributed by atoms with Crippen molar-refractivity contribution in [2.24, 2.45) is 5.92 Å². The van der Waals surface area contributed by atoms with Crippen LogP contribution >= 0.6 is 0 Å². The van der Waals surface area contributed by atoms with Gasteiger partial charge in [-0.3, -0.25) is 9.59 Å². The van der Waals surface area contributed by atoms with Gasteiger partial charge in [-0.2, -0.15) is 0 Å². The molecule has 1 atom stereocenters. The quantitative estimate of drug-likeness (QED) is 0.909. The number of benzene rings is 1. The van der Waals surface area contributed by atoms with E-state index in [1.165, 1.54) is 0 Å². The fourth-order valence-corrected chi connectivity index (χ4v) is 2.89. The van der Waals surface area contributed by atoms with Crippen molar-refractivity contribution in [2.45, 2.75) is 45.6 Å². The number of carbonyl (C=O) groups excluding carboxylic acids is 2. The topological polar surface area (TPSA) is 49.4 Å². The molecule has 0 bridgehead atoms. The molecule has 1 aliphatic rings. The Bertz CT molecular complexity index is 499. The molecule has 1 N–H and O–H groups in total. The lowest BCUT2D eigenvalue weighted by molar-refractivity contribution is -0.136. The smallest absolute Gasteiger partial charge is 0.240 e. The van der Waals surface area contributed by atoms with Gasteiger partial charge in [0.15, 0.2) is 0 Å². The fourth-order valence-electron chi connectivity index (χ4n) is 2.89. The molecule has 4 heteroatoms. The van der Waals surface area contributed by atoms with Gasteiger partial charge >= 0.3 is 0 Å². The minimum absolute atomic E-state index is 0.0178. The Balaban J connectivity index is 1.98. The minimum Gasteiger partial charge on any atom is -0.348 e. The van der Waals surface area contributed by atoms with Crippen LogP contribution in [0.3, 0.4) is 0 Å². The van der Waals surface area contributed by atoms with Gasteiger partial charge in [0.2, 0.25) is 11.8 Å². The third-order valence-electron chi connectivity index (χ3n) is 4.15. The molecule has 0 aliphatic carbocycles. The molecule has 1 saturated heterocycles. The van der Waals surface area contributed by atoms with Crippen LogP contribution in [0.5, 0.6) is 0 Å². The van der Waals surface area contributed by atoms with E-state index >= 15 is 0 Å². The highest BCUT2D eigenvalue weighted by Gasteiger charge is 2.22. The van der Waals surface area contributed by atoms with Gasteiger partial charge in [-0.15, -0.1) is 0 Å². The highest BCUT2D eigenvalue weighted by atomic mass is 16.2. The van der Waals surface area contributed by atoms with Crippen LogP contribution in [0.25, 0.3) is 0 Å². The average molecular weight is 302 g/mol. The average Bonchev–Trinajstić information content (AvgIpc) is 2.70. The van der Waals surface area contributed by atoms with Gasteiger partial charge in [-0.25, -0.2) is 0 Å². The van der Waals surface area contributed by atoms with Gasteiger partial charge in [0.25, 0.3) is 0 Å². The van der Waals surface area contributed by atoms with E-state index in [2.05, 4.69) is 19.2 Å². The van der Waals surface area contributed by atoms with E-state index in [1.54, 1.807) is 4.90 Å². The van der Waals surface area contributed by atoms with E-state index in [0.717, 1.165) is 24.8 Å². The highest BCUT2D eigenvalue weighted by Crippen LogP contribution is 2.21. The van der Waals surface area contributed by atoms with Gasteiger partial charge in [0, 0.05) is 13.0 Å². The first-order valence-corrected chi connectivity index (χ1v) is 8.20. The normalized spacial score (nSPS) is 17.2. The molecule has 1 fully saturated rings. The van der Waals surface area contributed by atoms with Crippen LogP contribution in [0.4, 0.5) is 0 Å². The molecule has 1 unspecified atom stereocenters. The molecule has 0 radical (unpaired) electrons. The largest absolute Gasteiger partial charge is 0.348 e. The summed E-state index contributed by atoms with van der Waals surface area (Å²) in [6.07, 6.45) is 3.57. The molecule has 1 aliphatic heterocycles. The number of carbonyl (C=O) groups is 2. The standard InChI is InChI=1S/C18H26N2O2/c1-14(2)18(15-9-5-3-6-10-15)19-16(21)13-20-12-8-4-7-11-17(20)22/h3,5-6,9-10,14,18H,4,7-8,11-13H2,1-2H3,(H,19,21). The third kappa shape index (κ3) is 4.58. The van der Waals surface area contributed by atoms with Gasteiger partial charge in [0.1, 0.15) is 0 Å². The SMILES string of the molecule is CC(C)C(NC(=O)CN1CCCCCC1=O)c1ccccc1.